The standard InChI is InChI=1S/C17H18N2O/c1-12(15-8-5-6-10-18-15)19-13(2)17-11-14-7-3-4-9-16(14)20-17/h3-13,19H,1-2H3. The van der Waals surface area contributed by atoms with E-state index < -0.39 is 0 Å². The third-order valence-electron chi connectivity index (χ3n) is 3.50. The first-order chi connectivity index (χ1) is 9.74. The van der Waals surface area contributed by atoms with E-state index in [1.807, 2.05) is 42.6 Å². The lowest BCUT2D eigenvalue weighted by Gasteiger charge is -2.17. The maximum Gasteiger partial charge on any atom is 0.134 e. The molecule has 1 N–H and O–H groups in total. The minimum Gasteiger partial charge on any atom is -0.459 e. The van der Waals surface area contributed by atoms with Crippen LogP contribution < -0.4 is 5.32 Å². The van der Waals surface area contributed by atoms with Gasteiger partial charge in [0.05, 0.1) is 11.7 Å². The molecule has 2 atom stereocenters. The van der Waals surface area contributed by atoms with Gasteiger partial charge in [0.2, 0.25) is 0 Å². The largest absolute Gasteiger partial charge is 0.459 e. The number of furan rings is 1. The van der Waals surface area contributed by atoms with E-state index >= 15 is 0 Å². The number of pyridine rings is 1. The fourth-order valence-corrected chi connectivity index (χ4v) is 2.39. The van der Waals surface area contributed by atoms with Crippen molar-refractivity contribution in [1.29, 1.82) is 0 Å². The Bertz CT molecular complexity index is 657. The molecule has 0 saturated carbocycles. The van der Waals surface area contributed by atoms with Crippen molar-refractivity contribution in [2.24, 2.45) is 0 Å². The van der Waals surface area contributed by atoms with E-state index in [4.69, 9.17) is 4.42 Å². The van der Waals surface area contributed by atoms with Gasteiger partial charge in [0.25, 0.3) is 0 Å². The van der Waals surface area contributed by atoms with Crippen molar-refractivity contribution in [2.45, 2.75) is 25.9 Å². The third kappa shape index (κ3) is 2.58. The van der Waals surface area contributed by atoms with Crippen LogP contribution >= 0.6 is 0 Å². The van der Waals surface area contributed by atoms with Crippen molar-refractivity contribution < 1.29 is 4.42 Å². The molecule has 3 aromatic rings. The first-order valence-corrected chi connectivity index (χ1v) is 6.89. The molecule has 0 aliphatic rings. The quantitative estimate of drug-likeness (QED) is 0.767. The molecule has 3 heteroatoms. The Kier molecular flexibility index (Phi) is 3.52. The second-order valence-corrected chi connectivity index (χ2v) is 5.05. The van der Waals surface area contributed by atoms with Crippen LogP contribution in [0.5, 0.6) is 0 Å². The lowest BCUT2D eigenvalue weighted by Crippen LogP contribution is -2.22. The van der Waals surface area contributed by atoms with E-state index in [0.717, 1.165) is 22.4 Å². The molecule has 2 aromatic heterocycles. The minimum atomic E-state index is 0.138. The zero-order chi connectivity index (χ0) is 13.9. The summed E-state index contributed by atoms with van der Waals surface area (Å²) >= 11 is 0. The van der Waals surface area contributed by atoms with Crippen molar-refractivity contribution in [1.82, 2.24) is 10.3 Å². The van der Waals surface area contributed by atoms with Gasteiger partial charge in [0, 0.05) is 17.6 Å². The zero-order valence-corrected chi connectivity index (χ0v) is 11.7. The van der Waals surface area contributed by atoms with Crippen LogP contribution in [0.2, 0.25) is 0 Å². The van der Waals surface area contributed by atoms with Crippen LogP contribution in [0.15, 0.2) is 59.1 Å². The van der Waals surface area contributed by atoms with Crippen molar-refractivity contribution in [3.63, 3.8) is 0 Å². The Morgan fingerprint density at radius 2 is 1.80 bits per heavy atom. The summed E-state index contributed by atoms with van der Waals surface area (Å²) in [6.07, 6.45) is 1.82. The highest BCUT2D eigenvalue weighted by molar-refractivity contribution is 5.77. The molecule has 1 aromatic carbocycles. The predicted octanol–water partition coefficient (Wildman–Crippen LogP) is 4.24. The molecule has 0 amide bonds. The number of benzene rings is 1. The first kappa shape index (κ1) is 12.9. The van der Waals surface area contributed by atoms with Gasteiger partial charge >= 0.3 is 0 Å². The van der Waals surface area contributed by atoms with E-state index in [0.29, 0.717) is 0 Å². The highest BCUT2D eigenvalue weighted by Crippen LogP contribution is 2.25. The van der Waals surface area contributed by atoms with Crippen molar-refractivity contribution in [3.05, 3.63) is 66.2 Å². The van der Waals surface area contributed by atoms with Crippen LogP contribution in [0, 0.1) is 0 Å². The molecule has 102 valence electrons. The molecule has 0 aliphatic heterocycles. The number of rotatable bonds is 4. The molecular formula is C17H18N2O. The van der Waals surface area contributed by atoms with Gasteiger partial charge in [0.1, 0.15) is 11.3 Å². The van der Waals surface area contributed by atoms with Crippen molar-refractivity contribution >= 4 is 11.0 Å². The van der Waals surface area contributed by atoms with Gasteiger partial charge in [-0.05, 0) is 38.1 Å². The number of hydrogen-bond acceptors (Lipinski definition) is 3. The van der Waals surface area contributed by atoms with Crippen LogP contribution in [-0.2, 0) is 0 Å². The van der Waals surface area contributed by atoms with Crippen LogP contribution in [0.1, 0.15) is 37.4 Å². The van der Waals surface area contributed by atoms with Crippen molar-refractivity contribution in [2.75, 3.05) is 0 Å². The SMILES string of the molecule is CC(NC(C)c1cc2ccccc2o1)c1ccccn1. The molecule has 0 fully saturated rings. The number of fused-ring (bicyclic) bond motifs is 1. The van der Waals surface area contributed by atoms with E-state index in [1.165, 1.54) is 0 Å². The maximum atomic E-state index is 5.88. The monoisotopic (exact) mass is 266 g/mol. The number of hydrogen-bond donors (Lipinski definition) is 1. The van der Waals surface area contributed by atoms with Crippen LogP contribution in [0.4, 0.5) is 0 Å². The molecule has 2 unspecified atom stereocenters. The van der Waals surface area contributed by atoms with Crippen LogP contribution in [-0.4, -0.2) is 4.98 Å². The molecule has 0 aliphatic carbocycles. The van der Waals surface area contributed by atoms with Gasteiger partial charge in [-0.1, -0.05) is 24.3 Å². The fraction of sp³-hybridized carbons (Fsp3) is 0.235. The highest BCUT2D eigenvalue weighted by Gasteiger charge is 2.15. The fourth-order valence-electron chi connectivity index (χ4n) is 2.39. The average Bonchev–Trinajstić information content (AvgIpc) is 2.92. The summed E-state index contributed by atoms with van der Waals surface area (Å²) in [5, 5.41) is 4.66. The van der Waals surface area contributed by atoms with E-state index in [9.17, 15) is 0 Å². The normalized spacial score (nSPS) is 14.3. The first-order valence-electron chi connectivity index (χ1n) is 6.89. The van der Waals surface area contributed by atoms with Gasteiger partial charge in [-0.15, -0.1) is 0 Å². The Labute approximate surface area is 118 Å². The topological polar surface area (TPSA) is 38.1 Å². The van der Waals surface area contributed by atoms with E-state index in [2.05, 4.69) is 36.3 Å². The molecule has 3 rings (SSSR count). The summed E-state index contributed by atoms with van der Waals surface area (Å²) in [7, 11) is 0. The Morgan fingerprint density at radius 3 is 2.55 bits per heavy atom. The number of aromatic nitrogens is 1. The lowest BCUT2D eigenvalue weighted by molar-refractivity contribution is 0.413. The summed E-state index contributed by atoms with van der Waals surface area (Å²) < 4.78 is 5.88. The predicted molar refractivity (Wildman–Crippen MR) is 80.4 cm³/mol. The zero-order valence-electron chi connectivity index (χ0n) is 11.7. The van der Waals surface area contributed by atoms with Gasteiger partial charge in [-0.2, -0.15) is 0 Å². The number of nitrogens with zero attached hydrogens (tertiary/aromatic N) is 1. The Morgan fingerprint density at radius 1 is 1.00 bits per heavy atom. The van der Waals surface area contributed by atoms with Gasteiger partial charge in [-0.3, -0.25) is 10.3 Å². The second kappa shape index (κ2) is 5.47. The molecular weight excluding hydrogens is 248 g/mol. The van der Waals surface area contributed by atoms with Crippen LogP contribution in [0.25, 0.3) is 11.0 Å². The Hall–Kier alpha value is -2.13. The highest BCUT2D eigenvalue weighted by atomic mass is 16.3. The number of nitrogens with one attached hydrogen (secondary N) is 1. The van der Waals surface area contributed by atoms with Crippen molar-refractivity contribution in [3.8, 4) is 0 Å². The second-order valence-electron chi connectivity index (χ2n) is 5.05. The molecule has 0 bridgehead atoms. The summed E-state index contributed by atoms with van der Waals surface area (Å²) in [5.41, 5.74) is 1.97. The van der Waals surface area contributed by atoms with E-state index in [1.54, 1.807) is 0 Å². The molecule has 2 heterocycles. The Balaban J connectivity index is 1.77. The number of para-hydroxylation sites is 1. The average molecular weight is 266 g/mol. The summed E-state index contributed by atoms with van der Waals surface area (Å²) in [6.45, 7) is 4.22. The van der Waals surface area contributed by atoms with Gasteiger partial charge < -0.3 is 4.42 Å². The lowest BCUT2D eigenvalue weighted by atomic mass is 10.1. The molecule has 3 nitrogen and oxygen atoms in total. The molecule has 20 heavy (non-hydrogen) atoms. The van der Waals surface area contributed by atoms with Gasteiger partial charge in [-0.25, -0.2) is 0 Å². The summed E-state index contributed by atoms with van der Waals surface area (Å²) in [5.74, 6) is 0.953. The molecule has 0 spiro atoms. The minimum absolute atomic E-state index is 0.138. The third-order valence-corrected chi connectivity index (χ3v) is 3.50. The maximum absolute atomic E-state index is 5.88. The molecule has 0 saturated heterocycles. The molecule has 0 radical (unpaired) electrons. The van der Waals surface area contributed by atoms with Crippen LogP contribution in [0.3, 0.4) is 0 Å². The van der Waals surface area contributed by atoms with E-state index in [-0.39, 0.29) is 12.1 Å². The summed E-state index contributed by atoms with van der Waals surface area (Å²) in [6, 6.07) is 16.5. The van der Waals surface area contributed by atoms with Gasteiger partial charge in [0.15, 0.2) is 0 Å². The summed E-state index contributed by atoms with van der Waals surface area (Å²) in [4.78, 5) is 4.38. The smallest absolute Gasteiger partial charge is 0.134 e.